The minimum Gasteiger partial charge on any atom is -0.489 e. The van der Waals surface area contributed by atoms with E-state index in [2.05, 4.69) is 18.0 Å². The number of piperidine rings is 1. The van der Waals surface area contributed by atoms with E-state index in [-0.39, 0.29) is 11.8 Å². The lowest BCUT2D eigenvalue weighted by molar-refractivity contribution is -0.145. The fourth-order valence-corrected chi connectivity index (χ4v) is 4.73. The van der Waals surface area contributed by atoms with Crippen molar-refractivity contribution in [1.29, 1.82) is 0 Å². The van der Waals surface area contributed by atoms with E-state index in [0.29, 0.717) is 18.7 Å². The lowest BCUT2D eigenvalue weighted by Crippen LogP contribution is -2.47. The largest absolute Gasteiger partial charge is 0.489 e. The van der Waals surface area contributed by atoms with Crippen molar-refractivity contribution in [1.82, 2.24) is 4.90 Å². The molecule has 2 aromatic carbocycles. The van der Waals surface area contributed by atoms with Crippen LogP contribution in [0, 0.1) is 5.92 Å². The Bertz CT molecular complexity index is 776. The van der Waals surface area contributed by atoms with E-state index in [1.54, 1.807) is 0 Å². The molecule has 4 unspecified atom stereocenters. The summed E-state index contributed by atoms with van der Waals surface area (Å²) < 4.78 is 5.96. The molecule has 0 spiro atoms. The van der Waals surface area contributed by atoms with E-state index in [1.165, 1.54) is 0 Å². The van der Waals surface area contributed by atoms with E-state index >= 15 is 0 Å². The van der Waals surface area contributed by atoms with Gasteiger partial charge in [0.1, 0.15) is 12.4 Å². The van der Waals surface area contributed by atoms with E-state index < -0.39 is 5.97 Å². The van der Waals surface area contributed by atoms with Crippen LogP contribution in [-0.4, -0.2) is 35.1 Å². The first-order chi connectivity index (χ1) is 12.6. The fourth-order valence-electron chi connectivity index (χ4n) is 4.73. The topological polar surface area (TPSA) is 49.8 Å². The minimum absolute atomic E-state index is 0.0246. The van der Waals surface area contributed by atoms with Crippen molar-refractivity contribution < 1.29 is 14.6 Å². The number of benzene rings is 2. The smallest absolute Gasteiger partial charge is 0.307 e. The van der Waals surface area contributed by atoms with E-state index in [0.717, 1.165) is 36.1 Å². The molecule has 136 valence electrons. The predicted molar refractivity (Wildman–Crippen MR) is 100 cm³/mol. The summed E-state index contributed by atoms with van der Waals surface area (Å²) in [6.07, 6.45) is 2.92. The normalized spacial score (nSPS) is 28.0. The van der Waals surface area contributed by atoms with Crippen molar-refractivity contribution in [2.45, 2.75) is 43.9 Å². The number of ether oxygens (including phenoxy) is 1. The molecule has 0 amide bonds. The molecular formula is C22H25NO3. The molecule has 2 bridgehead atoms. The summed E-state index contributed by atoms with van der Waals surface area (Å²) in [4.78, 5) is 14.3. The number of carboxylic acid groups (broad SMARTS) is 1. The second-order valence-electron chi connectivity index (χ2n) is 7.52. The Morgan fingerprint density at radius 1 is 1.15 bits per heavy atom. The van der Waals surface area contributed by atoms with Crippen molar-refractivity contribution in [3.63, 3.8) is 0 Å². The van der Waals surface area contributed by atoms with Gasteiger partial charge in [0.05, 0.1) is 5.92 Å². The molecule has 2 aliphatic rings. The molecule has 0 radical (unpaired) electrons. The molecular weight excluding hydrogens is 326 g/mol. The Balaban J connectivity index is 1.57. The molecule has 4 nitrogen and oxygen atoms in total. The number of rotatable bonds is 5. The molecule has 2 aliphatic heterocycles. The molecule has 2 saturated heterocycles. The number of fused-ring (bicyclic) bond motifs is 2. The zero-order chi connectivity index (χ0) is 18.1. The summed E-state index contributed by atoms with van der Waals surface area (Å²) in [7, 11) is 2.14. The van der Waals surface area contributed by atoms with Gasteiger partial charge in [-0.15, -0.1) is 0 Å². The first-order valence-electron chi connectivity index (χ1n) is 9.35. The van der Waals surface area contributed by atoms with Crippen LogP contribution in [0.4, 0.5) is 0 Å². The quantitative estimate of drug-likeness (QED) is 0.887. The van der Waals surface area contributed by atoms with Crippen molar-refractivity contribution >= 4 is 5.97 Å². The van der Waals surface area contributed by atoms with Crippen molar-refractivity contribution in [3.8, 4) is 5.75 Å². The van der Waals surface area contributed by atoms with Crippen LogP contribution in [0.1, 0.15) is 36.3 Å². The second-order valence-corrected chi connectivity index (χ2v) is 7.52. The zero-order valence-electron chi connectivity index (χ0n) is 15.0. The van der Waals surface area contributed by atoms with Gasteiger partial charge in [-0.1, -0.05) is 42.5 Å². The summed E-state index contributed by atoms with van der Waals surface area (Å²) in [5.74, 6) is -0.154. The molecule has 4 rings (SSSR count). The summed E-state index contributed by atoms with van der Waals surface area (Å²) in [6, 6.07) is 18.8. The highest BCUT2D eigenvalue weighted by atomic mass is 16.5. The van der Waals surface area contributed by atoms with Crippen LogP contribution in [0.15, 0.2) is 54.6 Å². The van der Waals surface area contributed by atoms with Crippen LogP contribution in [0.5, 0.6) is 5.75 Å². The molecule has 1 N–H and O–H groups in total. The molecule has 26 heavy (non-hydrogen) atoms. The molecule has 4 atom stereocenters. The Morgan fingerprint density at radius 2 is 1.96 bits per heavy atom. The maximum atomic E-state index is 11.9. The van der Waals surface area contributed by atoms with Crippen LogP contribution in [0.25, 0.3) is 0 Å². The highest BCUT2D eigenvalue weighted by Gasteiger charge is 2.48. The second kappa shape index (κ2) is 7.12. The summed E-state index contributed by atoms with van der Waals surface area (Å²) in [6.45, 7) is 0.517. The van der Waals surface area contributed by atoms with Gasteiger partial charge in [-0.05, 0) is 49.6 Å². The van der Waals surface area contributed by atoms with Crippen LogP contribution in [0.2, 0.25) is 0 Å². The number of aliphatic carboxylic acids is 1. The Kier molecular flexibility index (Phi) is 4.68. The molecule has 2 fully saturated rings. The number of carbonyl (C=O) groups is 1. The Morgan fingerprint density at radius 3 is 2.73 bits per heavy atom. The lowest BCUT2D eigenvalue weighted by Gasteiger charge is -2.41. The van der Waals surface area contributed by atoms with Gasteiger partial charge >= 0.3 is 5.97 Å². The van der Waals surface area contributed by atoms with Gasteiger partial charge in [-0.25, -0.2) is 0 Å². The van der Waals surface area contributed by atoms with Crippen LogP contribution in [0.3, 0.4) is 0 Å². The average molecular weight is 351 g/mol. The van der Waals surface area contributed by atoms with Crippen molar-refractivity contribution in [2.24, 2.45) is 5.92 Å². The van der Waals surface area contributed by atoms with Gasteiger partial charge in [-0.3, -0.25) is 9.69 Å². The molecule has 2 aromatic rings. The fraction of sp³-hybridized carbons (Fsp3) is 0.409. The van der Waals surface area contributed by atoms with Gasteiger partial charge in [0, 0.05) is 18.0 Å². The van der Waals surface area contributed by atoms with Crippen molar-refractivity contribution in [2.75, 3.05) is 7.05 Å². The minimum atomic E-state index is -0.671. The van der Waals surface area contributed by atoms with E-state index in [4.69, 9.17) is 4.74 Å². The molecule has 0 saturated carbocycles. The van der Waals surface area contributed by atoms with Gasteiger partial charge in [-0.2, -0.15) is 0 Å². The van der Waals surface area contributed by atoms with Crippen LogP contribution < -0.4 is 4.74 Å². The van der Waals surface area contributed by atoms with E-state index in [9.17, 15) is 9.90 Å². The number of hydrogen-bond acceptors (Lipinski definition) is 3. The Labute approximate surface area is 154 Å². The standard InChI is InChI=1S/C22H25NO3/c1-23-17-10-11-20(23)21(19(13-17)22(24)25)16-8-5-9-18(12-16)26-14-15-6-3-2-4-7-15/h2-9,12,17,19-21H,10-11,13-14H2,1H3,(H,24,25). The molecule has 4 heteroatoms. The maximum absolute atomic E-state index is 11.9. The van der Waals surface area contributed by atoms with E-state index in [1.807, 2.05) is 48.5 Å². The maximum Gasteiger partial charge on any atom is 0.307 e. The van der Waals surface area contributed by atoms with Gasteiger partial charge < -0.3 is 9.84 Å². The highest BCUT2D eigenvalue weighted by molar-refractivity contribution is 5.72. The van der Waals surface area contributed by atoms with Crippen LogP contribution >= 0.6 is 0 Å². The van der Waals surface area contributed by atoms with Gasteiger partial charge in [0.2, 0.25) is 0 Å². The molecule has 0 aromatic heterocycles. The first-order valence-corrected chi connectivity index (χ1v) is 9.35. The number of likely N-dealkylation sites (N-methyl/N-ethyl adjacent to an activating group) is 1. The average Bonchev–Trinajstić information content (AvgIpc) is 2.90. The summed E-state index contributed by atoms with van der Waals surface area (Å²) >= 11 is 0. The van der Waals surface area contributed by atoms with Crippen molar-refractivity contribution in [3.05, 3.63) is 65.7 Å². The van der Waals surface area contributed by atoms with Gasteiger partial charge in [0.15, 0.2) is 0 Å². The lowest BCUT2D eigenvalue weighted by atomic mass is 9.76. The third-order valence-electron chi connectivity index (χ3n) is 6.08. The van der Waals surface area contributed by atoms with Gasteiger partial charge in [0.25, 0.3) is 0 Å². The summed E-state index contributed by atoms with van der Waals surface area (Å²) in [5.41, 5.74) is 2.21. The number of carboxylic acids is 1. The third kappa shape index (κ3) is 3.21. The van der Waals surface area contributed by atoms with Crippen LogP contribution in [-0.2, 0) is 11.4 Å². The first kappa shape index (κ1) is 17.1. The Hall–Kier alpha value is -2.33. The number of nitrogens with zero attached hydrogens (tertiary/aromatic N) is 1. The molecule has 2 heterocycles. The monoisotopic (exact) mass is 351 g/mol. The third-order valence-corrected chi connectivity index (χ3v) is 6.08. The number of hydrogen-bond donors (Lipinski definition) is 1. The molecule has 0 aliphatic carbocycles. The SMILES string of the molecule is CN1C2CCC1C(c1cccc(OCc3ccccc3)c1)C(C(=O)O)C2. The summed E-state index contributed by atoms with van der Waals surface area (Å²) in [5, 5.41) is 9.79. The predicted octanol–water partition coefficient (Wildman–Crippen LogP) is 3.92. The zero-order valence-corrected chi connectivity index (χ0v) is 15.0. The highest BCUT2D eigenvalue weighted by Crippen LogP contribution is 2.47.